The summed E-state index contributed by atoms with van der Waals surface area (Å²) in [4.78, 5) is 10.6. The number of nitrogens with two attached hydrogens (primary N) is 1. The van der Waals surface area contributed by atoms with E-state index in [2.05, 4.69) is 0 Å². The summed E-state index contributed by atoms with van der Waals surface area (Å²) in [6, 6.07) is 12.9. The quantitative estimate of drug-likeness (QED) is 0.482. The van der Waals surface area contributed by atoms with Crippen molar-refractivity contribution in [2.75, 3.05) is 18.9 Å². The van der Waals surface area contributed by atoms with E-state index in [9.17, 15) is 4.79 Å². The van der Waals surface area contributed by atoms with Crippen LogP contribution in [-0.2, 0) is 0 Å². The largest absolute Gasteiger partial charge is 0.493 e. The van der Waals surface area contributed by atoms with Crippen LogP contribution >= 0.6 is 0 Å². The van der Waals surface area contributed by atoms with Gasteiger partial charge < -0.3 is 15.2 Å². The minimum absolute atomic E-state index is 0.471. The van der Waals surface area contributed by atoms with E-state index in [1.54, 1.807) is 18.2 Å². The average Bonchev–Trinajstić information content (AvgIpc) is 2.50. The molecule has 0 unspecified atom stereocenters. The van der Waals surface area contributed by atoms with Gasteiger partial charge in [-0.15, -0.1) is 0 Å². The Kier molecular flexibility index (Phi) is 5.21. The maximum atomic E-state index is 10.6. The predicted molar refractivity (Wildman–Crippen MR) is 83.0 cm³/mol. The molecule has 0 saturated carbocycles. The maximum Gasteiger partial charge on any atom is 0.150 e. The van der Waals surface area contributed by atoms with E-state index in [1.807, 2.05) is 31.2 Å². The lowest BCUT2D eigenvalue weighted by molar-refractivity contribution is 0.112. The summed E-state index contributed by atoms with van der Waals surface area (Å²) in [5.74, 6) is 1.45. The standard InChI is InChI=1S/C17H19NO3/c1-13-3-6-15(7-4-13)20-9-2-10-21-17-8-5-14(12-19)11-16(17)18/h3-8,11-12H,2,9-10,18H2,1H3. The van der Waals surface area contributed by atoms with Crippen LogP contribution in [0.3, 0.4) is 0 Å². The fourth-order valence-corrected chi connectivity index (χ4v) is 1.84. The van der Waals surface area contributed by atoms with Gasteiger partial charge in [0.25, 0.3) is 0 Å². The molecule has 4 heteroatoms. The Morgan fingerprint density at radius 3 is 2.43 bits per heavy atom. The van der Waals surface area contributed by atoms with Crippen LogP contribution in [0.15, 0.2) is 42.5 Å². The molecule has 0 atom stereocenters. The lowest BCUT2D eigenvalue weighted by Gasteiger charge is -2.10. The number of aryl methyl sites for hydroxylation is 1. The zero-order valence-corrected chi connectivity index (χ0v) is 12.0. The molecule has 21 heavy (non-hydrogen) atoms. The lowest BCUT2D eigenvalue weighted by Crippen LogP contribution is -2.06. The van der Waals surface area contributed by atoms with E-state index >= 15 is 0 Å². The second-order valence-electron chi connectivity index (χ2n) is 4.78. The van der Waals surface area contributed by atoms with Crippen LogP contribution in [-0.4, -0.2) is 19.5 Å². The Hall–Kier alpha value is -2.49. The van der Waals surface area contributed by atoms with Gasteiger partial charge in [0, 0.05) is 12.0 Å². The number of anilines is 1. The van der Waals surface area contributed by atoms with Gasteiger partial charge in [-0.25, -0.2) is 0 Å². The first-order chi connectivity index (χ1) is 10.2. The number of ether oxygens (including phenoxy) is 2. The molecule has 0 aliphatic carbocycles. The molecule has 0 aliphatic heterocycles. The molecular formula is C17H19NO3. The molecule has 0 radical (unpaired) electrons. The second kappa shape index (κ2) is 7.33. The minimum atomic E-state index is 0.471. The zero-order valence-electron chi connectivity index (χ0n) is 12.0. The summed E-state index contributed by atoms with van der Waals surface area (Å²) in [6.45, 7) is 3.13. The summed E-state index contributed by atoms with van der Waals surface area (Å²) in [5.41, 5.74) is 8.03. The summed E-state index contributed by atoms with van der Waals surface area (Å²) in [7, 11) is 0. The van der Waals surface area contributed by atoms with Gasteiger partial charge in [-0.2, -0.15) is 0 Å². The molecule has 0 amide bonds. The average molecular weight is 285 g/mol. The van der Waals surface area contributed by atoms with Crippen LogP contribution in [0.25, 0.3) is 0 Å². The highest BCUT2D eigenvalue weighted by molar-refractivity contribution is 5.78. The Labute approximate surface area is 124 Å². The summed E-state index contributed by atoms with van der Waals surface area (Å²) in [5, 5.41) is 0. The van der Waals surface area contributed by atoms with Crippen molar-refractivity contribution in [1.29, 1.82) is 0 Å². The van der Waals surface area contributed by atoms with Crippen LogP contribution in [0, 0.1) is 6.92 Å². The fraction of sp³-hybridized carbons (Fsp3) is 0.235. The fourth-order valence-electron chi connectivity index (χ4n) is 1.84. The van der Waals surface area contributed by atoms with E-state index in [0.717, 1.165) is 18.5 Å². The van der Waals surface area contributed by atoms with Gasteiger partial charge in [0.15, 0.2) is 0 Å². The van der Waals surface area contributed by atoms with Crippen molar-refractivity contribution < 1.29 is 14.3 Å². The van der Waals surface area contributed by atoms with Crippen molar-refractivity contribution in [2.45, 2.75) is 13.3 Å². The highest BCUT2D eigenvalue weighted by Crippen LogP contribution is 2.22. The number of nitrogen functional groups attached to an aromatic ring is 1. The first kappa shape index (κ1) is 14.9. The summed E-state index contributed by atoms with van der Waals surface area (Å²) in [6.07, 6.45) is 1.51. The third kappa shape index (κ3) is 4.53. The number of hydrogen-bond donors (Lipinski definition) is 1. The minimum Gasteiger partial charge on any atom is -0.493 e. The first-order valence-corrected chi connectivity index (χ1v) is 6.86. The molecule has 2 N–H and O–H groups in total. The molecule has 0 heterocycles. The Balaban J connectivity index is 1.72. The van der Waals surface area contributed by atoms with E-state index in [1.165, 1.54) is 5.56 Å². The van der Waals surface area contributed by atoms with Gasteiger partial charge >= 0.3 is 0 Å². The van der Waals surface area contributed by atoms with Crippen LogP contribution in [0.1, 0.15) is 22.3 Å². The van der Waals surface area contributed by atoms with Crippen LogP contribution in [0.2, 0.25) is 0 Å². The first-order valence-electron chi connectivity index (χ1n) is 6.86. The van der Waals surface area contributed by atoms with Gasteiger partial charge in [0.2, 0.25) is 0 Å². The topological polar surface area (TPSA) is 61.5 Å². The number of carbonyl (C=O) groups is 1. The third-order valence-electron chi connectivity index (χ3n) is 3.01. The number of carbonyl (C=O) groups excluding carboxylic acids is 1. The third-order valence-corrected chi connectivity index (χ3v) is 3.01. The molecule has 2 rings (SSSR count). The van der Waals surface area contributed by atoms with Crippen molar-refractivity contribution in [3.8, 4) is 11.5 Å². The van der Waals surface area contributed by atoms with Crippen molar-refractivity contribution in [2.24, 2.45) is 0 Å². The number of benzene rings is 2. The molecule has 0 fully saturated rings. The van der Waals surface area contributed by atoms with Crippen molar-refractivity contribution >= 4 is 12.0 Å². The van der Waals surface area contributed by atoms with Gasteiger partial charge in [-0.05, 0) is 37.3 Å². The highest BCUT2D eigenvalue weighted by Gasteiger charge is 2.01. The Bertz CT molecular complexity index is 593. The monoisotopic (exact) mass is 285 g/mol. The lowest BCUT2D eigenvalue weighted by atomic mass is 10.2. The molecule has 0 bridgehead atoms. The SMILES string of the molecule is Cc1ccc(OCCCOc2ccc(C=O)cc2N)cc1. The molecule has 0 aliphatic rings. The van der Waals surface area contributed by atoms with Crippen LogP contribution in [0.4, 0.5) is 5.69 Å². The van der Waals surface area contributed by atoms with E-state index in [-0.39, 0.29) is 0 Å². The second-order valence-corrected chi connectivity index (χ2v) is 4.78. The summed E-state index contributed by atoms with van der Waals surface area (Å²) < 4.78 is 11.2. The maximum absolute atomic E-state index is 10.6. The van der Waals surface area contributed by atoms with Gasteiger partial charge in [-0.3, -0.25) is 4.79 Å². The molecule has 0 spiro atoms. The van der Waals surface area contributed by atoms with Gasteiger partial charge in [-0.1, -0.05) is 17.7 Å². The number of hydrogen-bond acceptors (Lipinski definition) is 4. The number of aldehydes is 1. The van der Waals surface area contributed by atoms with E-state index in [4.69, 9.17) is 15.2 Å². The molecule has 4 nitrogen and oxygen atoms in total. The molecule has 0 aromatic heterocycles. The van der Waals surface area contributed by atoms with Gasteiger partial charge in [0.05, 0.1) is 18.9 Å². The molecule has 2 aromatic carbocycles. The van der Waals surface area contributed by atoms with Gasteiger partial charge in [0.1, 0.15) is 17.8 Å². The van der Waals surface area contributed by atoms with E-state index in [0.29, 0.717) is 30.2 Å². The van der Waals surface area contributed by atoms with Crippen molar-refractivity contribution in [1.82, 2.24) is 0 Å². The van der Waals surface area contributed by atoms with Crippen LogP contribution in [0.5, 0.6) is 11.5 Å². The Morgan fingerprint density at radius 2 is 1.76 bits per heavy atom. The predicted octanol–water partition coefficient (Wildman–Crippen LogP) is 3.24. The number of rotatable bonds is 7. The van der Waals surface area contributed by atoms with Crippen molar-refractivity contribution in [3.05, 3.63) is 53.6 Å². The highest BCUT2D eigenvalue weighted by atomic mass is 16.5. The van der Waals surface area contributed by atoms with Crippen LogP contribution < -0.4 is 15.2 Å². The zero-order chi connectivity index (χ0) is 15.1. The molecule has 2 aromatic rings. The smallest absolute Gasteiger partial charge is 0.150 e. The van der Waals surface area contributed by atoms with Crippen molar-refractivity contribution in [3.63, 3.8) is 0 Å². The molecule has 0 saturated heterocycles. The Morgan fingerprint density at radius 1 is 1.05 bits per heavy atom. The summed E-state index contributed by atoms with van der Waals surface area (Å²) >= 11 is 0. The molecular weight excluding hydrogens is 266 g/mol. The molecule has 110 valence electrons. The normalized spacial score (nSPS) is 10.1. The van der Waals surface area contributed by atoms with E-state index < -0.39 is 0 Å².